The maximum absolute atomic E-state index is 14.3. The average Bonchev–Trinajstić information content (AvgIpc) is 3.02. The molecule has 1 amide bonds. The van der Waals surface area contributed by atoms with E-state index in [1.165, 1.54) is 12.1 Å². The number of carbonyl (C=O) groups excluding carboxylic acids is 1. The molecule has 2 aliphatic rings. The van der Waals surface area contributed by atoms with Gasteiger partial charge in [-0.3, -0.25) is 4.79 Å². The van der Waals surface area contributed by atoms with Crippen LogP contribution in [0.1, 0.15) is 28.8 Å². The Labute approximate surface area is 150 Å². The summed E-state index contributed by atoms with van der Waals surface area (Å²) >= 11 is 0. The topological polar surface area (TPSA) is 41.6 Å². The molecule has 1 atom stereocenters. The molecule has 136 valence electrons. The van der Waals surface area contributed by atoms with Crippen molar-refractivity contribution in [2.24, 2.45) is 0 Å². The molecule has 4 rings (SSSR count). The summed E-state index contributed by atoms with van der Waals surface area (Å²) in [7, 11) is 1.70. The van der Waals surface area contributed by atoms with E-state index in [9.17, 15) is 13.6 Å². The number of halogens is 2. The molecule has 0 aromatic heterocycles. The van der Waals surface area contributed by atoms with Crippen LogP contribution >= 0.6 is 0 Å². The van der Waals surface area contributed by atoms with Crippen LogP contribution in [0.3, 0.4) is 0 Å². The number of nitrogens with one attached hydrogen (secondary N) is 1. The lowest BCUT2D eigenvalue weighted by molar-refractivity contribution is 0.0893. The van der Waals surface area contributed by atoms with E-state index in [0.29, 0.717) is 17.7 Å². The summed E-state index contributed by atoms with van der Waals surface area (Å²) in [6.07, 6.45) is 2.12. The fraction of sp³-hybridized carbons (Fsp3) is 0.350. The fourth-order valence-corrected chi connectivity index (χ4v) is 3.82. The second kappa shape index (κ2) is 6.68. The van der Waals surface area contributed by atoms with Crippen LogP contribution in [0.15, 0.2) is 30.3 Å². The first-order valence-corrected chi connectivity index (χ1v) is 8.75. The number of nitrogens with zero attached hydrogens (tertiary/aromatic N) is 1. The minimum atomic E-state index is -0.636. The van der Waals surface area contributed by atoms with Crippen LogP contribution in [0.4, 0.5) is 14.5 Å². The van der Waals surface area contributed by atoms with Gasteiger partial charge in [0.1, 0.15) is 11.6 Å². The monoisotopic (exact) mass is 358 g/mol. The number of piperidine rings is 1. The summed E-state index contributed by atoms with van der Waals surface area (Å²) in [6.45, 7) is 2.05. The normalized spacial score (nSPS) is 19.4. The first-order chi connectivity index (χ1) is 12.6. The van der Waals surface area contributed by atoms with Gasteiger partial charge in [0.05, 0.1) is 6.10 Å². The minimum Gasteiger partial charge on any atom is -0.380 e. The van der Waals surface area contributed by atoms with Gasteiger partial charge in [-0.1, -0.05) is 0 Å². The first kappa shape index (κ1) is 17.0. The van der Waals surface area contributed by atoms with Gasteiger partial charge < -0.3 is 15.0 Å². The molecule has 1 fully saturated rings. The molecule has 1 saturated heterocycles. The van der Waals surface area contributed by atoms with Crippen molar-refractivity contribution < 1.29 is 18.3 Å². The van der Waals surface area contributed by atoms with Gasteiger partial charge in [-0.2, -0.15) is 0 Å². The van der Waals surface area contributed by atoms with Gasteiger partial charge in [0.15, 0.2) is 0 Å². The third kappa shape index (κ3) is 2.94. The van der Waals surface area contributed by atoms with Crippen molar-refractivity contribution in [3.8, 4) is 11.1 Å². The van der Waals surface area contributed by atoms with Crippen molar-refractivity contribution in [2.75, 3.05) is 25.1 Å². The number of rotatable bonds is 3. The predicted octanol–water partition coefficient (Wildman–Crippen LogP) is 3.49. The zero-order valence-corrected chi connectivity index (χ0v) is 14.5. The van der Waals surface area contributed by atoms with E-state index >= 15 is 0 Å². The zero-order chi connectivity index (χ0) is 18.3. The average molecular weight is 358 g/mol. The van der Waals surface area contributed by atoms with Crippen molar-refractivity contribution in [1.82, 2.24) is 5.32 Å². The van der Waals surface area contributed by atoms with Crippen LogP contribution in [0.2, 0.25) is 0 Å². The summed E-state index contributed by atoms with van der Waals surface area (Å²) in [4.78, 5) is 14.4. The van der Waals surface area contributed by atoms with E-state index in [1.54, 1.807) is 13.2 Å². The number of benzene rings is 2. The highest BCUT2D eigenvalue weighted by atomic mass is 19.1. The highest BCUT2D eigenvalue weighted by Crippen LogP contribution is 2.36. The molecule has 0 radical (unpaired) electrons. The second-order valence-corrected chi connectivity index (χ2v) is 6.77. The largest absolute Gasteiger partial charge is 0.380 e. The molecule has 26 heavy (non-hydrogen) atoms. The molecule has 2 aromatic carbocycles. The Morgan fingerprint density at radius 1 is 1.19 bits per heavy atom. The van der Waals surface area contributed by atoms with Crippen LogP contribution in [-0.4, -0.2) is 32.2 Å². The molecule has 4 nitrogen and oxygen atoms in total. The van der Waals surface area contributed by atoms with Gasteiger partial charge in [-0.25, -0.2) is 8.78 Å². The van der Waals surface area contributed by atoms with E-state index in [0.717, 1.165) is 43.2 Å². The van der Waals surface area contributed by atoms with Crippen LogP contribution in [0, 0.1) is 11.6 Å². The zero-order valence-electron chi connectivity index (χ0n) is 14.5. The van der Waals surface area contributed by atoms with Crippen molar-refractivity contribution >= 4 is 11.6 Å². The molecular weight excluding hydrogens is 338 g/mol. The number of methoxy groups -OCH3 is 1. The molecule has 0 spiro atoms. The lowest BCUT2D eigenvalue weighted by atomic mass is 9.96. The van der Waals surface area contributed by atoms with Gasteiger partial charge in [-0.15, -0.1) is 0 Å². The minimum absolute atomic E-state index is 0.135. The molecular formula is C20H20F2N2O2. The smallest absolute Gasteiger partial charge is 0.251 e. The van der Waals surface area contributed by atoms with Gasteiger partial charge in [-0.05, 0) is 42.7 Å². The Morgan fingerprint density at radius 2 is 2.04 bits per heavy atom. The van der Waals surface area contributed by atoms with Crippen molar-refractivity contribution in [3.05, 3.63) is 53.1 Å². The van der Waals surface area contributed by atoms with Crippen molar-refractivity contribution in [2.45, 2.75) is 25.5 Å². The summed E-state index contributed by atoms with van der Waals surface area (Å²) in [6, 6.07) is 7.09. The molecule has 0 aliphatic carbocycles. The van der Waals surface area contributed by atoms with E-state index in [1.807, 2.05) is 6.07 Å². The molecule has 1 unspecified atom stereocenters. The maximum atomic E-state index is 14.3. The van der Waals surface area contributed by atoms with E-state index in [-0.39, 0.29) is 17.6 Å². The summed E-state index contributed by atoms with van der Waals surface area (Å²) in [5.41, 5.74) is 3.27. The number of fused-ring (bicyclic) bond motifs is 1. The van der Waals surface area contributed by atoms with Gasteiger partial charge in [0.2, 0.25) is 0 Å². The Balaban J connectivity index is 1.82. The van der Waals surface area contributed by atoms with Gasteiger partial charge in [0, 0.05) is 55.2 Å². The standard InChI is InChI=1S/C20H20F2N2O2/c1-26-14-3-2-6-24(11-14)19-8-12(7-16-17(19)10-23-20(16)25)15-5-4-13(21)9-18(15)22/h4-5,7-9,14H,2-3,6,10-11H2,1H3,(H,23,25). The highest BCUT2D eigenvalue weighted by molar-refractivity contribution is 6.01. The molecule has 2 aromatic rings. The van der Waals surface area contributed by atoms with Crippen LogP contribution in [0.25, 0.3) is 11.1 Å². The quantitative estimate of drug-likeness (QED) is 0.913. The number of hydrogen-bond donors (Lipinski definition) is 1. The second-order valence-electron chi connectivity index (χ2n) is 6.77. The Morgan fingerprint density at radius 3 is 2.81 bits per heavy atom. The fourth-order valence-electron chi connectivity index (χ4n) is 3.82. The van der Waals surface area contributed by atoms with E-state index in [2.05, 4.69) is 10.2 Å². The van der Waals surface area contributed by atoms with Crippen LogP contribution in [0.5, 0.6) is 0 Å². The van der Waals surface area contributed by atoms with E-state index in [4.69, 9.17) is 4.74 Å². The Kier molecular flexibility index (Phi) is 4.36. The van der Waals surface area contributed by atoms with E-state index < -0.39 is 11.6 Å². The predicted molar refractivity (Wildman–Crippen MR) is 95.2 cm³/mol. The highest BCUT2D eigenvalue weighted by Gasteiger charge is 2.28. The van der Waals surface area contributed by atoms with Crippen LogP contribution in [-0.2, 0) is 11.3 Å². The third-order valence-corrected chi connectivity index (χ3v) is 5.19. The maximum Gasteiger partial charge on any atom is 0.251 e. The number of amides is 1. The first-order valence-electron chi connectivity index (χ1n) is 8.75. The lowest BCUT2D eigenvalue weighted by Gasteiger charge is -2.35. The molecule has 6 heteroatoms. The van der Waals surface area contributed by atoms with Gasteiger partial charge >= 0.3 is 0 Å². The molecule has 2 aliphatic heterocycles. The molecule has 2 heterocycles. The molecule has 1 N–H and O–H groups in total. The summed E-state index contributed by atoms with van der Waals surface area (Å²) in [5.74, 6) is -1.42. The van der Waals surface area contributed by atoms with Crippen LogP contribution < -0.4 is 10.2 Å². The van der Waals surface area contributed by atoms with Crippen molar-refractivity contribution in [3.63, 3.8) is 0 Å². The summed E-state index contributed by atoms with van der Waals surface area (Å²) < 4.78 is 33.1. The number of anilines is 1. The molecule has 0 saturated carbocycles. The third-order valence-electron chi connectivity index (χ3n) is 5.19. The number of hydrogen-bond acceptors (Lipinski definition) is 3. The lowest BCUT2D eigenvalue weighted by Crippen LogP contribution is -2.39. The summed E-state index contributed by atoms with van der Waals surface area (Å²) in [5, 5.41) is 2.84. The Bertz CT molecular complexity index is 869. The number of carbonyl (C=O) groups is 1. The molecule has 0 bridgehead atoms. The van der Waals surface area contributed by atoms with Gasteiger partial charge in [0.25, 0.3) is 5.91 Å². The Hall–Kier alpha value is -2.47. The number of ether oxygens (including phenoxy) is 1. The SMILES string of the molecule is COC1CCCN(c2cc(-c3ccc(F)cc3F)cc3c2CNC3=O)C1. The van der Waals surface area contributed by atoms with Crippen molar-refractivity contribution in [1.29, 1.82) is 0 Å².